The smallest absolute Gasteiger partial charge is 0.257 e. The molecule has 0 fully saturated rings. The number of carbonyl (C=O) groups is 1. The van der Waals surface area contributed by atoms with Crippen LogP contribution in [0.25, 0.3) is 5.69 Å². The fourth-order valence-electron chi connectivity index (χ4n) is 2.92. The molecule has 7 heteroatoms. The van der Waals surface area contributed by atoms with Crippen LogP contribution < -0.4 is 10.2 Å². The third-order valence-electron chi connectivity index (χ3n) is 4.17. The van der Waals surface area contributed by atoms with Crippen LogP contribution in [0.5, 0.6) is 0 Å². The van der Waals surface area contributed by atoms with Crippen molar-refractivity contribution in [2.45, 2.75) is 26.8 Å². The van der Waals surface area contributed by atoms with E-state index in [2.05, 4.69) is 46.5 Å². The summed E-state index contributed by atoms with van der Waals surface area (Å²) < 4.78 is 1.47. The van der Waals surface area contributed by atoms with Crippen molar-refractivity contribution in [3.8, 4) is 5.69 Å². The molecule has 1 heterocycles. The first-order valence-corrected chi connectivity index (χ1v) is 8.60. The minimum atomic E-state index is -0.208. The maximum atomic E-state index is 12.7. The largest absolute Gasteiger partial charge is 0.369 e. The van der Waals surface area contributed by atoms with E-state index in [4.69, 9.17) is 0 Å². The Kier molecular flexibility index (Phi) is 5.26. The summed E-state index contributed by atoms with van der Waals surface area (Å²) in [6.45, 7) is 7.39. The van der Waals surface area contributed by atoms with Crippen molar-refractivity contribution in [2.24, 2.45) is 0 Å². The molecule has 0 bridgehead atoms. The maximum absolute atomic E-state index is 12.7. The summed E-state index contributed by atoms with van der Waals surface area (Å²) >= 11 is 0. The van der Waals surface area contributed by atoms with Gasteiger partial charge in [-0.15, -0.1) is 5.10 Å². The average Bonchev–Trinajstić information content (AvgIpc) is 3.18. The lowest BCUT2D eigenvalue weighted by atomic mass is 10.1. The van der Waals surface area contributed by atoms with Crippen LogP contribution in [-0.2, 0) is 0 Å². The minimum absolute atomic E-state index is 0.208. The zero-order chi connectivity index (χ0) is 18.5. The summed E-state index contributed by atoms with van der Waals surface area (Å²) in [7, 11) is 0. The molecule has 7 nitrogen and oxygen atoms in total. The number of nitrogens with one attached hydrogen (secondary N) is 1. The zero-order valence-electron chi connectivity index (χ0n) is 15.1. The second-order valence-electron chi connectivity index (χ2n) is 6.15. The van der Waals surface area contributed by atoms with Crippen LogP contribution in [0.3, 0.4) is 0 Å². The number of nitrogens with zero attached hydrogens (tertiary/aromatic N) is 5. The molecule has 0 radical (unpaired) electrons. The molecule has 0 saturated carbocycles. The minimum Gasteiger partial charge on any atom is -0.369 e. The van der Waals surface area contributed by atoms with E-state index >= 15 is 0 Å². The van der Waals surface area contributed by atoms with Gasteiger partial charge in [0.2, 0.25) is 0 Å². The lowest BCUT2D eigenvalue weighted by Crippen LogP contribution is -2.30. The van der Waals surface area contributed by atoms with Crippen LogP contribution in [0.2, 0.25) is 0 Å². The normalized spacial score (nSPS) is 10.8. The molecule has 2 aromatic carbocycles. The molecule has 1 aromatic heterocycles. The number of amides is 1. The van der Waals surface area contributed by atoms with Crippen LogP contribution in [0, 0.1) is 0 Å². The third-order valence-corrected chi connectivity index (χ3v) is 4.17. The number of tetrazole rings is 1. The van der Waals surface area contributed by atoms with E-state index in [1.807, 2.05) is 36.4 Å². The van der Waals surface area contributed by atoms with Crippen LogP contribution in [0.4, 0.5) is 11.4 Å². The van der Waals surface area contributed by atoms with Gasteiger partial charge in [0.1, 0.15) is 6.33 Å². The molecule has 0 aliphatic heterocycles. The van der Waals surface area contributed by atoms with Crippen molar-refractivity contribution in [1.29, 1.82) is 0 Å². The number of hydrogen-bond acceptors (Lipinski definition) is 5. The Labute approximate surface area is 152 Å². The highest BCUT2D eigenvalue weighted by Gasteiger charge is 2.14. The first-order valence-electron chi connectivity index (χ1n) is 8.60. The second kappa shape index (κ2) is 7.77. The first-order chi connectivity index (χ1) is 12.6. The van der Waals surface area contributed by atoms with Gasteiger partial charge in [-0.3, -0.25) is 4.79 Å². The summed E-state index contributed by atoms with van der Waals surface area (Å²) in [4.78, 5) is 15.0. The molecule has 0 unspecified atom stereocenters. The van der Waals surface area contributed by atoms with E-state index in [0.717, 1.165) is 17.9 Å². The fourth-order valence-corrected chi connectivity index (χ4v) is 2.92. The molecule has 1 amide bonds. The SMILES string of the molecule is CCN(c1ccc(NC(=O)c2ccccc2-n2cnnn2)cc1)C(C)C. The molecule has 3 aromatic rings. The second-order valence-corrected chi connectivity index (χ2v) is 6.15. The number of aromatic nitrogens is 4. The highest BCUT2D eigenvalue weighted by molar-refractivity contribution is 6.06. The standard InChI is InChI=1S/C19H22N6O/c1-4-24(14(2)3)16-11-9-15(10-12-16)21-19(26)17-7-5-6-8-18(17)25-13-20-22-23-25/h5-14H,4H2,1-3H3,(H,21,26). The molecule has 0 atom stereocenters. The number of benzene rings is 2. The molecule has 26 heavy (non-hydrogen) atoms. The fraction of sp³-hybridized carbons (Fsp3) is 0.263. The van der Waals surface area contributed by atoms with Crippen LogP contribution in [0.1, 0.15) is 31.1 Å². The number of hydrogen-bond donors (Lipinski definition) is 1. The number of para-hydroxylation sites is 1. The van der Waals surface area contributed by atoms with Crippen molar-refractivity contribution in [2.75, 3.05) is 16.8 Å². The van der Waals surface area contributed by atoms with E-state index in [-0.39, 0.29) is 5.91 Å². The van der Waals surface area contributed by atoms with Crippen molar-refractivity contribution >= 4 is 17.3 Å². The van der Waals surface area contributed by atoms with Gasteiger partial charge < -0.3 is 10.2 Å². The molecule has 134 valence electrons. The van der Waals surface area contributed by atoms with Gasteiger partial charge in [0.25, 0.3) is 5.91 Å². The predicted octanol–water partition coefficient (Wildman–Crippen LogP) is 3.15. The van der Waals surface area contributed by atoms with E-state index in [1.165, 1.54) is 11.0 Å². The van der Waals surface area contributed by atoms with Crippen molar-refractivity contribution < 1.29 is 4.79 Å². The van der Waals surface area contributed by atoms with Crippen molar-refractivity contribution in [3.05, 3.63) is 60.4 Å². The molecular formula is C19H22N6O. The lowest BCUT2D eigenvalue weighted by Gasteiger charge is -2.27. The summed E-state index contributed by atoms with van der Waals surface area (Å²) in [5, 5.41) is 14.1. The number of rotatable bonds is 6. The monoisotopic (exact) mass is 350 g/mol. The van der Waals surface area contributed by atoms with Crippen LogP contribution >= 0.6 is 0 Å². The zero-order valence-corrected chi connectivity index (χ0v) is 15.1. The molecular weight excluding hydrogens is 328 g/mol. The van der Waals surface area contributed by atoms with Gasteiger partial charge >= 0.3 is 0 Å². The van der Waals surface area contributed by atoms with Gasteiger partial charge in [-0.2, -0.15) is 4.68 Å². The third kappa shape index (κ3) is 3.72. The molecule has 1 N–H and O–H groups in total. The average molecular weight is 350 g/mol. The summed E-state index contributed by atoms with van der Waals surface area (Å²) in [6, 6.07) is 15.5. The van der Waals surface area contributed by atoms with Crippen molar-refractivity contribution in [1.82, 2.24) is 20.2 Å². The molecule has 0 aliphatic carbocycles. The Morgan fingerprint density at radius 3 is 2.50 bits per heavy atom. The number of carbonyl (C=O) groups excluding carboxylic acids is 1. The highest BCUT2D eigenvalue weighted by Crippen LogP contribution is 2.21. The Morgan fingerprint density at radius 2 is 1.88 bits per heavy atom. The number of anilines is 2. The molecule has 0 aliphatic rings. The summed E-state index contributed by atoms with van der Waals surface area (Å²) in [6.07, 6.45) is 1.46. The Hall–Kier alpha value is -3.22. The molecule has 3 rings (SSSR count). The Balaban J connectivity index is 1.79. The van der Waals surface area contributed by atoms with Gasteiger partial charge in [-0.1, -0.05) is 12.1 Å². The lowest BCUT2D eigenvalue weighted by molar-refractivity contribution is 0.102. The van der Waals surface area contributed by atoms with Gasteiger partial charge in [-0.05, 0) is 67.6 Å². The van der Waals surface area contributed by atoms with Gasteiger partial charge in [0.05, 0.1) is 11.3 Å². The van der Waals surface area contributed by atoms with E-state index in [1.54, 1.807) is 12.1 Å². The molecule has 0 spiro atoms. The predicted molar refractivity (Wildman–Crippen MR) is 102 cm³/mol. The Bertz CT molecular complexity index is 858. The van der Waals surface area contributed by atoms with Crippen molar-refractivity contribution in [3.63, 3.8) is 0 Å². The van der Waals surface area contributed by atoms with E-state index in [9.17, 15) is 4.79 Å². The Morgan fingerprint density at radius 1 is 1.15 bits per heavy atom. The summed E-state index contributed by atoms with van der Waals surface area (Å²) in [5.74, 6) is -0.208. The van der Waals surface area contributed by atoms with Gasteiger partial charge in [-0.25, -0.2) is 0 Å². The van der Waals surface area contributed by atoms with E-state index < -0.39 is 0 Å². The summed E-state index contributed by atoms with van der Waals surface area (Å²) in [5.41, 5.74) is 3.00. The van der Waals surface area contributed by atoms with Crippen LogP contribution in [-0.4, -0.2) is 38.7 Å². The first kappa shape index (κ1) is 17.6. The van der Waals surface area contributed by atoms with Gasteiger partial charge in [0.15, 0.2) is 0 Å². The topological polar surface area (TPSA) is 75.9 Å². The van der Waals surface area contributed by atoms with Crippen LogP contribution in [0.15, 0.2) is 54.9 Å². The maximum Gasteiger partial charge on any atom is 0.257 e. The van der Waals surface area contributed by atoms with Gasteiger partial charge in [0, 0.05) is 24.0 Å². The highest BCUT2D eigenvalue weighted by atomic mass is 16.1. The van der Waals surface area contributed by atoms with E-state index in [0.29, 0.717) is 17.3 Å². The molecule has 0 saturated heterocycles. The quantitative estimate of drug-likeness (QED) is 0.739.